The smallest absolute Gasteiger partial charge is 0.0945 e. The first kappa shape index (κ1) is 12.5. The summed E-state index contributed by atoms with van der Waals surface area (Å²) >= 11 is 2.35. The van der Waals surface area contributed by atoms with Crippen molar-refractivity contribution in [3.05, 3.63) is 48.8 Å². The Kier molecular flexibility index (Phi) is 4.93. The molecule has 0 N–H and O–H groups in total. The van der Waals surface area contributed by atoms with Gasteiger partial charge in [-0.1, -0.05) is 6.07 Å². The number of aromatic nitrogens is 3. The number of imidazole rings is 1. The highest BCUT2D eigenvalue weighted by atomic mass is 127. The first-order valence-electron chi connectivity index (χ1n) is 5.61. The number of halogens is 1. The molecule has 0 radical (unpaired) electrons. The standard InChI is InChI=1S/C12H15IN4/c13-17(10-12-4-1-2-5-15-12)8-3-7-16-9-6-14-11-16/h1-2,4-6,9,11H,3,7-8,10H2. The molecule has 2 aromatic rings. The zero-order chi connectivity index (χ0) is 11.9. The lowest BCUT2D eigenvalue weighted by Crippen LogP contribution is -2.14. The van der Waals surface area contributed by atoms with Crippen molar-refractivity contribution in [1.29, 1.82) is 0 Å². The minimum absolute atomic E-state index is 0.894. The summed E-state index contributed by atoms with van der Waals surface area (Å²) in [6.07, 6.45) is 8.62. The number of aryl methyl sites for hydroxylation is 1. The van der Waals surface area contributed by atoms with Gasteiger partial charge in [0.15, 0.2) is 0 Å². The second-order valence-electron chi connectivity index (χ2n) is 3.82. The highest BCUT2D eigenvalue weighted by Gasteiger charge is 2.02. The molecule has 0 aliphatic rings. The normalized spacial score (nSPS) is 10.9. The predicted octanol–water partition coefficient (Wildman–Crippen LogP) is 2.52. The summed E-state index contributed by atoms with van der Waals surface area (Å²) in [6, 6.07) is 6.03. The van der Waals surface area contributed by atoms with E-state index in [9.17, 15) is 0 Å². The largest absolute Gasteiger partial charge is 0.337 e. The average Bonchev–Trinajstić information content (AvgIpc) is 2.83. The fraction of sp³-hybridized carbons (Fsp3) is 0.333. The molecule has 0 fully saturated rings. The van der Waals surface area contributed by atoms with Gasteiger partial charge in [0.2, 0.25) is 0 Å². The number of pyridine rings is 1. The Bertz CT molecular complexity index is 415. The number of nitrogens with zero attached hydrogens (tertiary/aromatic N) is 4. The average molecular weight is 342 g/mol. The lowest BCUT2D eigenvalue weighted by Gasteiger charge is -2.13. The van der Waals surface area contributed by atoms with E-state index in [4.69, 9.17) is 0 Å². The van der Waals surface area contributed by atoms with Crippen molar-refractivity contribution in [1.82, 2.24) is 17.6 Å². The van der Waals surface area contributed by atoms with Crippen LogP contribution in [0.4, 0.5) is 0 Å². The predicted molar refractivity (Wildman–Crippen MR) is 75.5 cm³/mol. The van der Waals surface area contributed by atoms with E-state index in [0.29, 0.717) is 0 Å². The van der Waals surface area contributed by atoms with Crippen LogP contribution in [-0.2, 0) is 13.1 Å². The van der Waals surface area contributed by atoms with Crippen LogP contribution < -0.4 is 0 Å². The molecule has 0 saturated heterocycles. The van der Waals surface area contributed by atoms with Crippen molar-refractivity contribution in [2.24, 2.45) is 0 Å². The van der Waals surface area contributed by atoms with Gasteiger partial charge in [-0.25, -0.2) is 8.10 Å². The molecule has 2 heterocycles. The van der Waals surface area contributed by atoms with Crippen molar-refractivity contribution in [2.75, 3.05) is 6.54 Å². The fourth-order valence-corrected chi connectivity index (χ4v) is 2.28. The van der Waals surface area contributed by atoms with Crippen LogP contribution >= 0.6 is 22.9 Å². The molecule has 0 saturated carbocycles. The number of hydrogen-bond donors (Lipinski definition) is 0. The van der Waals surface area contributed by atoms with E-state index < -0.39 is 0 Å². The first-order valence-corrected chi connectivity index (χ1v) is 6.57. The molecule has 0 aromatic carbocycles. The molecule has 0 bridgehead atoms. The zero-order valence-electron chi connectivity index (χ0n) is 9.54. The zero-order valence-corrected chi connectivity index (χ0v) is 11.7. The number of hydrogen-bond acceptors (Lipinski definition) is 3. The monoisotopic (exact) mass is 342 g/mol. The van der Waals surface area contributed by atoms with E-state index in [1.165, 1.54) is 0 Å². The molecule has 90 valence electrons. The van der Waals surface area contributed by atoms with Gasteiger partial charge >= 0.3 is 0 Å². The molecule has 0 aliphatic heterocycles. The van der Waals surface area contributed by atoms with E-state index in [1.807, 2.05) is 37.1 Å². The van der Waals surface area contributed by atoms with Gasteiger partial charge in [-0.3, -0.25) is 4.98 Å². The minimum Gasteiger partial charge on any atom is -0.337 e. The second-order valence-corrected chi connectivity index (χ2v) is 5.18. The molecule has 0 atom stereocenters. The molecule has 0 aliphatic carbocycles. The van der Waals surface area contributed by atoms with E-state index in [2.05, 4.69) is 46.6 Å². The summed E-state index contributed by atoms with van der Waals surface area (Å²) in [6.45, 7) is 2.96. The first-order chi connectivity index (χ1) is 8.34. The number of rotatable bonds is 6. The molecule has 0 amide bonds. The van der Waals surface area contributed by atoms with Gasteiger partial charge in [-0.05, 0) is 18.6 Å². The lowest BCUT2D eigenvalue weighted by molar-refractivity contribution is 0.462. The summed E-state index contributed by atoms with van der Waals surface area (Å²) in [7, 11) is 0. The molecular weight excluding hydrogens is 327 g/mol. The van der Waals surface area contributed by atoms with Crippen LogP contribution in [0.3, 0.4) is 0 Å². The maximum atomic E-state index is 4.32. The van der Waals surface area contributed by atoms with Crippen LogP contribution in [0.1, 0.15) is 12.1 Å². The Morgan fingerprint density at radius 2 is 2.24 bits per heavy atom. The van der Waals surface area contributed by atoms with Gasteiger partial charge in [0.25, 0.3) is 0 Å². The van der Waals surface area contributed by atoms with Crippen molar-refractivity contribution in [3.8, 4) is 0 Å². The van der Waals surface area contributed by atoms with E-state index >= 15 is 0 Å². The van der Waals surface area contributed by atoms with Crippen LogP contribution in [0, 0.1) is 0 Å². The van der Waals surface area contributed by atoms with E-state index in [0.717, 1.165) is 31.7 Å². The second kappa shape index (κ2) is 6.70. The van der Waals surface area contributed by atoms with E-state index in [1.54, 1.807) is 0 Å². The van der Waals surface area contributed by atoms with Crippen molar-refractivity contribution >= 4 is 22.9 Å². The Labute approximate surface area is 115 Å². The highest BCUT2D eigenvalue weighted by Crippen LogP contribution is 2.07. The fourth-order valence-electron chi connectivity index (χ4n) is 1.59. The maximum absolute atomic E-state index is 4.32. The lowest BCUT2D eigenvalue weighted by atomic mass is 10.3. The third kappa shape index (κ3) is 4.43. The van der Waals surface area contributed by atoms with Crippen LogP contribution in [0.2, 0.25) is 0 Å². The van der Waals surface area contributed by atoms with Crippen molar-refractivity contribution in [2.45, 2.75) is 19.5 Å². The minimum atomic E-state index is 0.894. The van der Waals surface area contributed by atoms with Gasteiger partial charge in [0.05, 0.1) is 18.6 Å². The Hall–Kier alpha value is -0.950. The van der Waals surface area contributed by atoms with Gasteiger partial charge in [-0.2, -0.15) is 0 Å². The van der Waals surface area contributed by atoms with Gasteiger partial charge in [-0.15, -0.1) is 0 Å². The Morgan fingerprint density at radius 1 is 1.29 bits per heavy atom. The summed E-state index contributed by atoms with van der Waals surface area (Å²) in [4.78, 5) is 8.34. The maximum Gasteiger partial charge on any atom is 0.0945 e. The van der Waals surface area contributed by atoms with Crippen LogP contribution in [0.25, 0.3) is 0 Å². The third-order valence-electron chi connectivity index (χ3n) is 2.44. The summed E-state index contributed by atoms with van der Waals surface area (Å²) in [5, 5.41) is 0. The summed E-state index contributed by atoms with van der Waals surface area (Å²) in [5.41, 5.74) is 1.12. The highest BCUT2D eigenvalue weighted by molar-refractivity contribution is 14.1. The van der Waals surface area contributed by atoms with Gasteiger partial charge < -0.3 is 4.57 Å². The summed E-state index contributed by atoms with van der Waals surface area (Å²) < 4.78 is 4.36. The molecule has 5 heteroatoms. The van der Waals surface area contributed by atoms with Crippen LogP contribution in [0.15, 0.2) is 43.1 Å². The molecule has 2 rings (SSSR count). The van der Waals surface area contributed by atoms with Crippen molar-refractivity contribution in [3.63, 3.8) is 0 Å². The Balaban J connectivity index is 1.69. The van der Waals surface area contributed by atoms with Gasteiger partial charge in [0.1, 0.15) is 0 Å². The molecule has 2 aromatic heterocycles. The van der Waals surface area contributed by atoms with Crippen LogP contribution in [-0.4, -0.2) is 24.2 Å². The third-order valence-corrected chi connectivity index (χ3v) is 3.26. The molecule has 17 heavy (non-hydrogen) atoms. The van der Waals surface area contributed by atoms with Gasteiger partial charge in [0, 0.05) is 54.5 Å². The molecule has 4 nitrogen and oxygen atoms in total. The molecule has 0 spiro atoms. The molecular formula is C12H15IN4. The topological polar surface area (TPSA) is 34.0 Å². The van der Waals surface area contributed by atoms with Crippen molar-refractivity contribution < 1.29 is 0 Å². The molecule has 0 unspecified atom stereocenters. The SMILES string of the molecule is IN(CCCn1ccnc1)Cc1ccccn1. The van der Waals surface area contributed by atoms with Crippen LogP contribution in [0.5, 0.6) is 0 Å². The quantitative estimate of drug-likeness (QED) is 0.598. The Morgan fingerprint density at radius 3 is 2.94 bits per heavy atom. The van der Waals surface area contributed by atoms with E-state index in [-0.39, 0.29) is 0 Å². The summed E-state index contributed by atoms with van der Waals surface area (Å²) in [5.74, 6) is 0.